The molecule has 20 heavy (non-hydrogen) atoms. The molecular formula is C13H19N3O4. The second-order valence-electron chi connectivity index (χ2n) is 4.31. The van der Waals surface area contributed by atoms with Gasteiger partial charge in [0.15, 0.2) is 0 Å². The molecule has 0 atom stereocenters. The Morgan fingerprint density at radius 3 is 2.75 bits per heavy atom. The number of carbonyl (C=O) groups excluding carboxylic acids is 1. The lowest BCUT2D eigenvalue weighted by atomic mass is 10.1. The van der Waals surface area contributed by atoms with E-state index in [1.165, 1.54) is 18.2 Å². The van der Waals surface area contributed by atoms with Gasteiger partial charge in [-0.05, 0) is 18.6 Å². The number of rotatable bonds is 7. The summed E-state index contributed by atoms with van der Waals surface area (Å²) >= 11 is 0. The number of nitro groups is 1. The molecule has 0 fully saturated rings. The molecule has 0 bridgehead atoms. The summed E-state index contributed by atoms with van der Waals surface area (Å²) in [6.45, 7) is 1.15. The van der Waals surface area contributed by atoms with E-state index in [0.717, 1.165) is 6.42 Å². The Morgan fingerprint density at radius 1 is 1.50 bits per heavy atom. The van der Waals surface area contributed by atoms with E-state index in [4.69, 9.17) is 4.74 Å². The van der Waals surface area contributed by atoms with Gasteiger partial charge in [0.1, 0.15) is 5.69 Å². The van der Waals surface area contributed by atoms with E-state index >= 15 is 0 Å². The Kier molecular flexibility index (Phi) is 5.92. The van der Waals surface area contributed by atoms with E-state index in [-0.39, 0.29) is 11.6 Å². The fourth-order valence-corrected chi connectivity index (χ4v) is 1.80. The maximum absolute atomic E-state index is 12.2. The monoisotopic (exact) mass is 281 g/mol. The van der Waals surface area contributed by atoms with Gasteiger partial charge in [-0.2, -0.15) is 0 Å². The number of hydrogen-bond acceptors (Lipinski definition) is 5. The first-order chi connectivity index (χ1) is 9.51. The zero-order valence-electron chi connectivity index (χ0n) is 11.9. The van der Waals surface area contributed by atoms with E-state index < -0.39 is 4.92 Å². The normalized spacial score (nSPS) is 10.2. The molecule has 1 N–H and O–H groups in total. The van der Waals surface area contributed by atoms with Crippen molar-refractivity contribution >= 4 is 17.3 Å². The van der Waals surface area contributed by atoms with Crippen molar-refractivity contribution in [3.05, 3.63) is 33.9 Å². The first kappa shape index (κ1) is 15.9. The van der Waals surface area contributed by atoms with Crippen LogP contribution in [-0.4, -0.2) is 50.1 Å². The van der Waals surface area contributed by atoms with Crippen LogP contribution in [-0.2, 0) is 4.74 Å². The van der Waals surface area contributed by atoms with Gasteiger partial charge in [0.05, 0.1) is 4.92 Å². The van der Waals surface area contributed by atoms with Gasteiger partial charge in [0.2, 0.25) is 0 Å². The predicted octanol–water partition coefficient (Wildman–Crippen LogP) is 1.74. The second kappa shape index (κ2) is 7.44. The van der Waals surface area contributed by atoms with Gasteiger partial charge in [0.25, 0.3) is 11.6 Å². The highest BCUT2D eigenvalue weighted by Gasteiger charge is 2.17. The number of benzene rings is 1. The molecule has 0 aliphatic heterocycles. The van der Waals surface area contributed by atoms with Crippen molar-refractivity contribution in [1.82, 2.24) is 4.90 Å². The summed E-state index contributed by atoms with van der Waals surface area (Å²) in [4.78, 5) is 24.1. The summed E-state index contributed by atoms with van der Waals surface area (Å²) in [5, 5.41) is 13.6. The minimum atomic E-state index is -0.484. The van der Waals surface area contributed by atoms with E-state index in [0.29, 0.717) is 24.4 Å². The van der Waals surface area contributed by atoms with Crippen molar-refractivity contribution < 1.29 is 14.5 Å². The predicted molar refractivity (Wildman–Crippen MR) is 76.1 cm³/mol. The molecule has 0 spiro atoms. The number of ether oxygens (including phenoxy) is 1. The summed E-state index contributed by atoms with van der Waals surface area (Å²) in [5.41, 5.74) is 0.692. The number of anilines is 1. The first-order valence-electron chi connectivity index (χ1n) is 6.21. The third-order valence-corrected chi connectivity index (χ3v) is 2.90. The quantitative estimate of drug-likeness (QED) is 0.467. The zero-order valence-corrected chi connectivity index (χ0v) is 11.9. The molecule has 1 amide bonds. The summed E-state index contributed by atoms with van der Waals surface area (Å²) < 4.78 is 4.93. The third-order valence-electron chi connectivity index (χ3n) is 2.90. The molecule has 0 radical (unpaired) electrons. The topological polar surface area (TPSA) is 84.7 Å². The minimum Gasteiger partial charge on any atom is -0.385 e. The molecule has 0 saturated heterocycles. The van der Waals surface area contributed by atoms with E-state index in [1.54, 1.807) is 26.1 Å². The van der Waals surface area contributed by atoms with Gasteiger partial charge in [-0.25, -0.2) is 0 Å². The highest BCUT2D eigenvalue weighted by atomic mass is 16.6. The lowest BCUT2D eigenvalue weighted by molar-refractivity contribution is -0.383. The number of hydrogen-bond donors (Lipinski definition) is 1. The van der Waals surface area contributed by atoms with Gasteiger partial charge in [-0.15, -0.1) is 0 Å². The molecule has 0 saturated carbocycles. The van der Waals surface area contributed by atoms with Gasteiger partial charge in [-0.3, -0.25) is 14.9 Å². The molecule has 0 heterocycles. The van der Waals surface area contributed by atoms with Crippen molar-refractivity contribution in [2.75, 3.05) is 39.7 Å². The van der Waals surface area contributed by atoms with Crippen LogP contribution in [0.5, 0.6) is 0 Å². The largest absolute Gasteiger partial charge is 0.385 e. The highest BCUT2D eigenvalue weighted by molar-refractivity contribution is 5.95. The molecule has 1 aromatic rings. The van der Waals surface area contributed by atoms with Crippen LogP contribution in [0.3, 0.4) is 0 Å². The number of nitro benzene ring substituents is 1. The average molecular weight is 281 g/mol. The fraction of sp³-hybridized carbons (Fsp3) is 0.462. The van der Waals surface area contributed by atoms with Gasteiger partial charge in [-0.1, -0.05) is 0 Å². The molecule has 7 heteroatoms. The first-order valence-corrected chi connectivity index (χ1v) is 6.21. The van der Waals surface area contributed by atoms with Gasteiger partial charge >= 0.3 is 0 Å². The third kappa shape index (κ3) is 3.92. The summed E-state index contributed by atoms with van der Waals surface area (Å²) in [6, 6.07) is 4.30. The molecule has 7 nitrogen and oxygen atoms in total. The maximum atomic E-state index is 12.2. The standard InChI is InChI=1S/C13H19N3O4/c1-14-11-9-10(5-6-12(11)16(18)19)13(17)15(2)7-4-8-20-3/h5-6,9,14H,4,7-8H2,1-3H3. The molecule has 0 unspecified atom stereocenters. The number of nitrogens with one attached hydrogen (secondary N) is 1. The zero-order chi connectivity index (χ0) is 15.1. The Balaban J connectivity index is 2.85. The molecule has 1 aromatic carbocycles. The lowest BCUT2D eigenvalue weighted by Gasteiger charge is -2.17. The molecule has 110 valence electrons. The van der Waals surface area contributed by atoms with Crippen LogP contribution < -0.4 is 5.32 Å². The van der Waals surface area contributed by atoms with E-state index in [2.05, 4.69) is 5.32 Å². The lowest BCUT2D eigenvalue weighted by Crippen LogP contribution is -2.28. The number of carbonyl (C=O) groups is 1. The van der Waals surface area contributed by atoms with Crippen LogP contribution >= 0.6 is 0 Å². The van der Waals surface area contributed by atoms with Crippen molar-refractivity contribution in [3.63, 3.8) is 0 Å². The minimum absolute atomic E-state index is 0.0499. The Hall–Kier alpha value is -2.15. The Labute approximate surface area is 117 Å². The van der Waals surface area contributed by atoms with Crippen LogP contribution in [0.15, 0.2) is 18.2 Å². The smallest absolute Gasteiger partial charge is 0.292 e. The second-order valence-corrected chi connectivity index (χ2v) is 4.31. The molecular weight excluding hydrogens is 262 g/mol. The van der Waals surface area contributed by atoms with Crippen molar-refractivity contribution in [2.24, 2.45) is 0 Å². The Bertz CT molecular complexity index is 491. The molecule has 1 rings (SSSR count). The van der Waals surface area contributed by atoms with Crippen LogP contribution in [0.2, 0.25) is 0 Å². The van der Waals surface area contributed by atoms with Crippen LogP contribution in [0, 0.1) is 10.1 Å². The molecule has 0 aromatic heterocycles. The van der Waals surface area contributed by atoms with Crippen LogP contribution in [0.25, 0.3) is 0 Å². The van der Waals surface area contributed by atoms with Gasteiger partial charge < -0.3 is 15.0 Å². The van der Waals surface area contributed by atoms with E-state index in [9.17, 15) is 14.9 Å². The molecule has 0 aliphatic rings. The van der Waals surface area contributed by atoms with E-state index in [1.807, 2.05) is 0 Å². The number of methoxy groups -OCH3 is 1. The summed E-state index contributed by atoms with van der Waals surface area (Å²) in [5.74, 6) is -0.174. The fourth-order valence-electron chi connectivity index (χ4n) is 1.80. The van der Waals surface area contributed by atoms with Crippen LogP contribution in [0.4, 0.5) is 11.4 Å². The maximum Gasteiger partial charge on any atom is 0.292 e. The number of nitrogens with zero attached hydrogens (tertiary/aromatic N) is 2. The van der Waals surface area contributed by atoms with Crippen LogP contribution in [0.1, 0.15) is 16.8 Å². The SMILES string of the molecule is CNc1cc(C(=O)N(C)CCCOC)ccc1[N+](=O)[O-]. The molecule has 0 aliphatic carbocycles. The number of amides is 1. The average Bonchev–Trinajstić information content (AvgIpc) is 2.45. The van der Waals surface area contributed by atoms with Crippen molar-refractivity contribution in [1.29, 1.82) is 0 Å². The Morgan fingerprint density at radius 2 is 2.20 bits per heavy atom. The van der Waals surface area contributed by atoms with Crippen molar-refractivity contribution in [3.8, 4) is 0 Å². The van der Waals surface area contributed by atoms with Gasteiger partial charge in [0, 0.05) is 46.0 Å². The van der Waals surface area contributed by atoms with Crippen molar-refractivity contribution in [2.45, 2.75) is 6.42 Å². The highest BCUT2D eigenvalue weighted by Crippen LogP contribution is 2.25. The summed E-state index contributed by atoms with van der Waals surface area (Å²) in [6.07, 6.45) is 0.741. The summed E-state index contributed by atoms with van der Waals surface area (Å²) in [7, 11) is 4.88.